The second kappa shape index (κ2) is 13.2. The first-order chi connectivity index (χ1) is 28.3. The summed E-state index contributed by atoms with van der Waals surface area (Å²) in [4.78, 5) is 11.8. The van der Waals surface area contributed by atoms with Gasteiger partial charge in [0.2, 0.25) is 0 Å². The molecule has 2 aliphatic heterocycles. The van der Waals surface area contributed by atoms with Gasteiger partial charge in [0.1, 0.15) is 11.7 Å². The maximum Gasteiger partial charge on any atom is 0.169 e. The third-order valence-corrected chi connectivity index (χ3v) is 14.4. The Hall–Kier alpha value is -6.21. The lowest BCUT2D eigenvalue weighted by Crippen LogP contribution is -2.36. The van der Waals surface area contributed by atoms with Crippen molar-refractivity contribution >= 4 is 88.0 Å². The van der Waals surface area contributed by atoms with Crippen LogP contribution in [0.3, 0.4) is 0 Å². The maximum atomic E-state index is 5.23. The molecule has 272 valence electrons. The second-order valence-electron chi connectivity index (χ2n) is 15.1. The highest BCUT2D eigenvalue weighted by molar-refractivity contribution is 8.04. The highest BCUT2D eigenvalue weighted by Crippen LogP contribution is 2.58. The van der Waals surface area contributed by atoms with Crippen molar-refractivity contribution in [1.29, 1.82) is 0 Å². The topological polar surface area (TPSA) is 41.7 Å². The Morgan fingerprint density at radius 3 is 2.16 bits per heavy atom. The number of fused-ring (bicyclic) bond motifs is 9. The molecule has 1 fully saturated rings. The van der Waals surface area contributed by atoms with E-state index in [0.29, 0.717) is 5.25 Å². The zero-order valence-corrected chi connectivity index (χ0v) is 32.6. The van der Waals surface area contributed by atoms with Crippen molar-refractivity contribution in [2.45, 2.75) is 24.3 Å². The Bertz CT molecular complexity index is 3090. The van der Waals surface area contributed by atoms with E-state index in [1.165, 1.54) is 69.3 Å². The molecule has 0 amide bonds. The predicted octanol–water partition coefficient (Wildman–Crippen LogP) is 12.9. The Labute approximate surface area is 339 Å². The number of thiophene rings is 1. The largest absolute Gasteiger partial charge is 0.324 e. The van der Waals surface area contributed by atoms with Crippen LogP contribution in [0.5, 0.6) is 0 Å². The van der Waals surface area contributed by atoms with Crippen LogP contribution in [-0.4, -0.2) is 21.5 Å². The summed E-state index contributed by atoms with van der Waals surface area (Å²) in [5.74, 6) is 1.91. The van der Waals surface area contributed by atoms with E-state index in [1.54, 1.807) is 0 Å². The number of thioether (sulfide) groups is 1. The molecule has 4 aliphatic rings. The first kappa shape index (κ1) is 33.0. The molecule has 0 bridgehead atoms. The summed E-state index contributed by atoms with van der Waals surface area (Å²) >= 11 is 3.93. The standard InChI is InChI=1S/C51H36N4S2/c1-3-14-31(15-4-1)49-52-50(32-16-5-2-6-17-32)54-51(53-49)33-28-29-42-38(30-33)46-36(20-11-25-43(46)56-42)37-21-12-26-44-47(37)48-41(24-13-27-45(48)57-44)55-39-22-9-7-18-34(39)35-19-8-10-23-40(35)55/h1-11,13-20,22-30,45,48-49H,12,21H2,(H,52,53,54). The quantitative estimate of drug-likeness (QED) is 0.189. The minimum atomic E-state index is -0.336. The Kier molecular flexibility index (Phi) is 7.63. The van der Waals surface area contributed by atoms with Gasteiger partial charge in [0.15, 0.2) is 6.17 Å². The van der Waals surface area contributed by atoms with Crippen LogP contribution in [0.1, 0.15) is 41.3 Å². The average Bonchev–Trinajstić information content (AvgIpc) is 3.96. The normalized spacial score (nSPS) is 20.3. The van der Waals surface area contributed by atoms with Gasteiger partial charge in [-0.25, -0.2) is 9.98 Å². The summed E-state index contributed by atoms with van der Waals surface area (Å²) in [5, 5.41) is 9.22. The highest BCUT2D eigenvalue weighted by atomic mass is 32.2. The first-order valence-corrected chi connectivity index (χ1v) is 21.4. The molecule has 6 aromatic carbocycles. The Morgan fingerprint density at radius 1 is 0.649 bits per heavy atom. The number of hydrogen-bond acceptors (Lipinski definition) is 5. The van der Waals surface area contributed by atoms with E-state index in [1.807, 2.05) is 35.2 Å². The average molecular weight is 769 g/mol. The minimum Gasteiger partial charge on any atom is -0.324 e. The molecular formula is C51H36N4S2. The van der Waals surface area contributed by atoms with E-state index >= 15 is 0 Å². The third kappa shape index (κ3) is 5.28. The lowest BCUT2D eigenvalue weighted by Gasteiger charge is -2.28. The zero-order valence-electron chi connectivity index (χ0n) is 31.0. The van der Waals surface area contributed by atoms with Crippen LogP contribution in [0.2, 0.25) is 0 Å². The summed E-state index contributed by atoms with van der Waals surface area (Å²) in [6, 6.07) is 52.4. The molecular weight excluding hydrogens is 733 g/mol. The number of nitrogens with one attached hydrogen (secondary N) is 1. The van der Waals surface area contributed by atoms with Crippen molar-refractivity contribution in [3.8, 4) is 0 Å². The van der Waals surface area contributed by atoms with Gasteiger partial charge in [0, 0.05) is 63.8 Å². The fourth-order valence-electron chi connectivity index (χ4n) is 9.44. The summed E-state index contributed by atoms with van der Waals surface area (Å²) < 4.78 is 5.16. The molecule has 0 saturated carbocycles. The van der Waals surface area contributed by atoms with Crippen LogP contribution < -0.4 is 5.32 Å². The Morgan fingerprint density at radius 2 is 1.37 bits per heavy atom. The second-order valence-corrected chi connectivity index (χ2v) is 17.4. The van der Waals surface area contributed by atoms with Crippen LogP contribution in [0.4, 0.5) is 0 Å². The van der Waals surface area contributed by atoms with E-state index in [4.69, 9.17) is 9.98 Å². The number of nitrogens with zero attached hydrogens (tertiary/aromatic N) is 3. The van der Waals surface area contributed by atoms with Gasteiger partial charge in [-0.05, 0) is 77.6 Å². The molecule has 0 radical (unpaired) electrons. The van der Waals surface area contributed by atoms with Gasteiger partial charge in [-0.3, -0.25) is 0 Å². The van der Waals surface area contributed by atoms with Gasteiger partial charge in [0.25, 0.3) is 0 Å². The van der Waals surface area contributed by atoms with Gasteiger partial charge >= 0.3 is 0 Å². The minimum absolute atomic E-state index is 0.239. The Balaban J connectivity index is 1.02. The molecule has 2 aliphatic carbocycles. The van der Waals surface area contributed by atoms with Gasteiger partial charge in [-0.1, -0.05) is 127 Å². The molecule has 1 saturated heterocycles. The zero-order chi connectivity index (χ0) is 37.5. The molecule has 12 rings (SSSR count). The number of allylic oxidation sites excluding steroid dienone is 6. The van der Waals surface area contributed by atoms with Crippen molar-refractivity contribution in [2.24, 2.45) is 15.9 Å². The predicted molar refractivity (Wildman–Crippen MR) is 243 cm³/mol. The molecule has 6 heteroatoms. The summed E-state index contributed by atoms with van der Waals surface area (Å²) in [7, 11) is 0. The van der Waals surface area contributed by atoms with Crippen LogP contribution in [0.15, 0.2) is 190 Å². The van der Waals surface area contributed by atoms with Crippen LogP contribution in [-0.2, 0) is 0 Å². The van der Waals surface area contributed by atoms with Gasteiger partial charge in [-0.15, -0.1) is 23.1 Å². The lowest BCUT2D eigenvalue weighted by atomic mass is 9.79. The van der Waals surface area contributed by atoms with Crippen molar-refractivity contribution in [3.05, 3.63) is 203 Å². The maximum absolute atomic E-state index is 5.23. The third-order valence-electron chi connectivity index (χ3n) is 11.9. The van der Waals surface area contributed by atoms with Crippen LogP contribution >= 0.6 is 23.1 Å². The van der Waals surface area contributed by atoms with Gasteiger partial charge in [0.05, 0.1) is 11.0 Å². The fourth-order valence-corrected chi connectivity index (χ4v) is 12.0. The van der Waals surface area contributed by atoms with E-state index < -0.39 is 0 Å². The van der Waals surface area contributed by atoms with Crippen LogP contribution in [0, 0.1) is 5.92 Å². The molecule has 1 N–H and O–H groups in total. The number of benzene rings is 6. The molecule has 3 atom stereocenters. The molecule has 2 aromatic heterocycles. The molecule has 57 heavy (non-hydrogen) atoms. The summed E-state index contributed by atoms with van der Waals surface area (Å²) in [6.45, 7) is 0. The lowest BCUT2D eigenvalue weighted by molar-refractivity contribution is 0.756. The van der Waals surface area contributed by atoms with Crippen molar-refractivity contribution in [2.75, 3.05) is 0 Å². The molecule has 8 aromatic rings. The molecule has 4 heterocycles. The summed E-state index contributed by atoms with van der Waals surface area (Å²) in [6.07, 6.45) is 11.3. The monoisotopic (exact) mass is 768 g/mol. The first-order valence-electron chi connectivity index (χ1n) is 19.7. The number of amidine groups is 2. The number of aliphatic imine (C=N–C) groups is 2. The molecule has 4 nitrogen and oxygen atoms in total. The van der Waals surface area contributed by atoms with Gasteiger partial charge < -0.3 is 9.88 Å². The van der Waals surface area contributed by atoms with E-state index in [9.17, 15) is 0 Å². The van der Waals surface area contributed by atoms with E-state index in [0.717, 1.165) is 41.2 Å². The number of aromatic nitrogens is 1. The highest BCUT2D eigenvalue weighted by Gasteiger charge is 2.42. The fraction of sp³-hybridized carbons (Fsp3) is 0.0980. The number of hydrogen-bond donors (Lipinski definition) is 1. The number of rotatable bonds is 5. The van der Waals surface area contributed by atoms with Crippen LogP contribution in [0.25, 0.3) is 53.2 Å². The smallest absolute Gasteiger partial charge is 0.169 e. The number of para-hydroxylation sites is 2. The van der Waals surface area contributed by atoms with Crippen molar-refractivity contribution < 1.29 is 0 Å². The molecule has 0 spiro atoms. The van der Waals surface area contributed by atoms with Crippen molar-refractivity contribution in [1.82, 2.24) is 9.88 Å². The molecule has 3 unspecified atom stereocenters. The summed E-state index contributed by atoms with van der Waals surface area (Å²) in [5.41, 5.74) is 11.4. The van der Waals surface area contributed by atoms with E-state index in [-0.39, 0.29) is 12.1 Å². The van der Waals surface area contributed by atoms with Gasteiger partial charge in [-0.2, -0.15) is 0 Å². The van der Waals surface area contributed by atoms with E-state index in [2.05, 4.69) is 168 Å². The van der Waals surface area contributed by atoms with Crippen molar-refractivity contribution in [3.63, 3.8) is 0 Å². The SMILES string of the molecule is C1=CC2SC3=CCCC(c4cccc5sc6ccc(C7=NC(c8ccccc8)N=C(c8ccccc8)N7)cc6c45)=C3C2C(n2c3ccccc3c3ccccc32)=C1.